The molecule has 0 aromatic carbocycles. The quantitative estimate of drug-likeness (QED) is 0.633. The van der Waals surface area contributed by atoms with Crippen LogP contribution in [0.4, 0.5) is 5.69 Å². The van der Waals surface area contributed by atoms with Gasteiger partial charge >= 0.3 is 11.9 Å². The summed E-state index contributed by atoms with van der Waals surface area (Å²) in [6.45, 7) is 1.22. The second-order valence-electron chi connectivity index (χ2n) is 3.90. The summed E-state index contributed by atoms with van der Waals surface area (Å²) < 4.78 is 0. The number of carbonyl (C=O) groups excluding carboxylic acids is 1. The van der Waals surface area contributed by atoms with E-state index in [1.54, 1.807) is 6.92 Å². The summed E-state index contributed by atoms with van der Waals surface area (Å²) in [5.41, 5.74) is 0.413. The molecule has 0 radical (unpaired) electrons. The Kier molecular flexibility index (Phi) is 5.45. The topological polar surface area (TPSA) is 120 Å². The first-order valence-corrected chi connectivity index (χ1v) is 5.86. The van der Waals surface area contributed by atoms with Gasteiger partial charge in [0, 0.05) is 18.4 Å². The molecule has 0 atom stereocenters. The highest BCUT2D eigenvalue weighted by molar-refractivity contribution is 5.93. The molecule has 1 aromatic heterocycles. The summed E-state index contributed by atoms with van der Waals surface area (Å²) >= 11 is 0. The Balaban J connectivity index is 3.01. The molecule has 0 saturated carbocycles. The number of nitrogens with zero attached hydrogens (tertiary/aromatic N) is 2. The van der Waals surface area contributed by atoms with Crippen molar-refractivity contribution in [3.8, 4) is 0 Å². The third kappa shape index (κ3) is 4.56. The lowest BCUT2D eigenvalue weighted by Crippen LogP contribution is -2.34. The van der Waals surface area contributed by atoms with Crippen LogP contribution in [0.15, 0.2) is 18.3 Å². The van der Waals surface area contributed by atoms with Gasteiger partial charge in [-0.15, -0.1) is 0 Å². The maximum absolute atomic E-state index is 11.6. The van der Waals surface area contributed by atoms with Gasteiger partial charge in [-0.3, -0.25) is 19.4 Å². The molecule has 0 aliphatic carbocycles. The van der Waals surface area contributed by atoms with Gasteiger partial charge in [-0.05, 0) is 19.1 Å². The van der Waals surface area contributed by atoms with Crippen molar-refractivity contribution in [2.75, 3.05) is 24.5 Å². The zero-order valence-electron chi connectivity index (χ0n) is 10.9. The summed E-state index contributed by atoms with van der Waals surface area (Å²) in [7, 11) is 0. The summed E-state index contributed by atoms with van der Waals surface area (Å²) in [5, 5.41) is 20.1. The number of carboxylic acid groups (broad SMARTS) is 2. The molecule has 0 aliphatic rings. The minimum Gasteiger partial charge on any atom is -0.480 e. The lowest BCUT2D eigenvalue weighted by atomic mass is 10.2. The minimum atomic E-state index is -1.16. The van der Waals surface area contributed by atoms with Gasteiger partial charge in [0.1, 0.15) is 18.8 Å². The lowest BCUT2D eigenvalue weighted by Gasteiger charge is -2.20. The number of carboxylic acids is 2. The number of hydrogen-bond donors (Lipinski definition) is 3. The molecule has 0 fully saturated rings. The summed E-state index contributed by atoms with van der Waals surface area (Å²) in [4.78, 5) is 38.2. The zero-order chi connectivity index (χ0) is 15.1. The fraction of sp³-hybridized carbons (Fsp3) is 0.333. The average molecular weight is 281 g/mol. The van der Waals surface area contributed by atoms with Gasteiger partial charge in [-0.1, -0.05) is 0 Å². The molecule has 1 amide bonds. The Morgan fingerprint density at radius 1 is 1.25 bits per heavy atom. The van der Waals surface area contributed by atoms with Crippen LogP contribution in [0.3, 0.4) is 0 Å². The molecule has 108 valence electrons. The van der Waals surface area contributed by atoms with Crippen LogP contribution in [-0.2, 0) is 9.59 Å². The third-order valence-corrected chi connectivity index (χ3v) is 2.33. The van der Waals surface area contributed by atoms with Crippen LogP contribution < -0.4 is 10.2 Å². The zero-order valence-corrected chi connectivity index (χ0v) is 10.9. The van der Waals surface area contributed by atoms with Gasteiger partial charge in [0.25, 0.3) is 5.91 Å². The van der Waals surface area contributed by atoms with Crippen molar-refractivity contribution in [1.82, 2.24) is 10.3 Å². The fourth-order valence-corrected chi connectivity index (χ4v) is 1.56. The van der Waals surface area contributed by atoms with Gasteiger partial charge in [0.05, 0.1) is 0 Å². The van der Waals surface area contributed by atoms with Crippen LogP contribution >= 0.6 is 0 Å². The smallest absolute Gasteiger partial charge is 0.323 e. The van der Waals surface area contributed by atoms with Gasteiger partial charge < -0.3 is 20.4 Å². The maximum Gasteiger partial charge on any atom is 0.323 e. The minimum absolute atomic E-state index is 0.102. The number of carbonyl (C=O) groups is 3. The van der Waals surface area contributed by atoms with Crippen molar-refractivity contribution in [3.05, 3.63) is 24.0 Å². The monoisotopic (exact) mass is 281 g/mol. The Labute approximate surface area is 115 Å². The van der Waals surface area contributed by atoms with E-state index in [1.165, 1.54) is 18.3 Å². The molecule has 20 heavy (non-hydrogen) atoms. The average Bonchev–Trinajstić information content (AvgIpc) is 2.37. The molecule has 8 nitrogen and oxygen atoms in total. The summed E-state index contributed by atoms with van der Waals surface area (Å²) in [6, 6.07) is 2.81. The normalized spacial score (nSPS) is 9.85. The van der Waals surface area contributed by atoms with Crippen LogP contribution in [0.1, 0.15) is 17.4 Å². The Hall–Kier alpha value is -2.64. The van der Waals surface area contributed by atoms with Crippen LogP contribution in [0.25, 0.3) is 0 Å². The number of pyridine rings is 1. The first-order chi connectivity index (χ1) is 9.43. The van der Waals surface area contributed by atoms with E-state index in [2.05, 4.69) is 10.3 Å². The van der Waals surface area contributed by atoms with Crippen LogP contribution in [0.2, 0.25) is 0 Å². The fourth-order valence-electron chi connectivity index (χ4n) is 1.56. The molecule has 8 heteroatoms. The third-order valence-electron chi connectivity index (χ3n) is 2.33. The predicted octanol–water partition coefficient (Wildman–Crippen LogP) is -0.193. The summed E-state index contributed by atoms with van der Waals surface area (Å²) in [5.74, 6) is -2.73. The molecule has 1 rings (SSSR count). The maximum atomic E-state index is 11.6. The number of amides is 1. The largest absolute Gasteiger partial charge is 0.480 e. The van der Waals surface area contributed by atoms with Gasteiger partial charge in [-0.25, -0.2) is 0 Å². The first kappa shape index (κ1) is 15.4. The molecule has 0 saturated heterocycles. The number of anilines is 1. The molecule has 0 aliphatic heterocycles. The molecule has 1 heterocycles. The van der Waals surface area contributed by atoms with Gasteiger partial charge in [-0.2, -0.15) is 0 Å². The van der Waals surface area contributed by atoms with E-state index in [9.17, 15) is 14.4 Å². The molecular weight excluding hydrogens is 266 g/mol. The van der Waals surface area contributed by atoms with Crippen LogP contribution in [-0.4, -0.2) is 52.7 Å². The number of hydrogen-bond acceptors (Lipinski definition) is 5. The molecule has 0 unspecified atom stereocenters. The van der Waals surface area contributed by atoms with Crippen molar-refractivity contribution in [3.63, 3.8) is 0 Å². The standard InChI is InChI=1S/C12H15N3O5/c1-2-13-12(20)9-5-8(3-4-14-9)15(6-10(16)17)7-11(18)19/h3-5H,2,6-7H2,1H3,(H,13,20)(H,16,17)(H,18,19). The second-order valence-corrected chi connectivity index (χ2v) is 3.90. The first-order valence-electron chi connectivity index (χ1n) is 5.86. The highest BCUT2D eigenvalue weighted by Gasteiger charge is 2.16. The lowest BCUT2D eigenvalue weighted by molar-refractivity contribution is -0.136. The van der Waals surface area contributed by atoms with E-state index >= 15 is 0 Å². The SMILES string of the molecule is CCNC(=O)c1cc(N(CC(=O)O)CC(=O)O)ccn1. The Bertz CT molecular complexity index is 502. The highest BCUT2D eigenvalue weighted by atomic mass is 16.4. The number of nitrogens with one attached hydrogen (secondary N) is 1. The Morgan fingerprint density at radius 3 is 2.35 bits per heavy atom. The molecule has 0 spiro atoms. The van der Waals surface area contributed by atoms with Crippen molar-refractivity contribution in [2.45, 2.75) is 6.92 Å². The van der Waals surface area contributed by atoms with Crippen molar-refractivity contribution in [2.24, 2.45) is 0 Å². The van der Waals surface area contributed by atoms with Crippen LogP contribution in [0, 0.1) is 0 Å². The molecule has 3 N–H and O–H groups in total. The Morgan fingerprint density at radius 2 is 1.85 bits per heavy atom. The second kappa shape index (κ2) is 7.07. The van der Waals surface area contributed by atoms with Gasteiger partial charge in [0.15, 0.2) is 0 Å². The van der Waals surface area contributed by atoms with Crippen molar-refractivity contribution in [1.29, 1.82) is 0 Å². The van der Waals surface area contributed by atoms with E-state index in [0.717, 1.165) is 4.90 Å². The van der Waals surface area contributed by atoms with Crippen LogP contribution in [0.5, 0.6) is 0 Å². The molecule has 1 aromatic rings. The van der Waals surface area contributed by atoms with Crippen molar-refractivity contribution >= 4 is 23.5 Å². The predicted molar refractivity (Wildman–Crippen MR) is 69.7 cm³/mol. The molecule has 0 bridgehead atoms. The molecular formula is C12H15N3O5. The summed E-state index contributed by atoms with van der Waals surface area (Å²) in [6.07, 6.45) is 1.33. The van der Waals surface area contributed by atoms with Gasteiger partial charge in [0.2, 0.25) is 0 Å². The van der Waals surface area contributed by atoms with E-state index < -0.39 is 30.9 Å². The van der Waals surface area contributed by atoms with Crippen molar-refractivity contribution < 1.29 is 24.6 Å². The van der Waals surface area contributed by atoms with E-state index in [-0.39, 0.29) is 5.69 Å². The number of aliphatic carboxylic acids is 2. The van der Waals surface area contributed by atoms with E-state index in [0.29, 0.717) is 12.2 Å². The van der Waals surface area contributed by atoms with E-state index in [1.807, 2.05) is 0 Å². The number of rotatable bonds is 7. The number of aromatic nitrogens is 1. The van der Waals surface area contributed by atoms with E-state index in [4.69, 9.17) is 10.2 Å². The highest BCUT2D eigenvalue weighted by Crippen LogP contribution is 2.14.